The first-order valence-corrected chi connectivity index (χ1v) is 4.57. The molecule has 14 heavy (non-hydrogen) atoms. The lowest BCUT2D eigenvalue weighted by atomic mass is 10.0. The van der Waals surface area contributed by atoms with Gasteiger partial charge in [0.25, 0.3) is 0 Å². The number of carbonyl (C=O) groups is 2. The van der Waals surface area contributed by atoms with Gasteiger partial charge in [-0.05, 0) is 7.05 Å². The lowest BCUT2D eigenvalue weighted by Gasteiger charge is -2.03. The third-order valence-electron chi connectivity index (χ3n) is 2.50. The first-order chi connectivity index (χ1) is 6.75. The number of nitrogens with one attached hydrogen (secondary N) is 1. The summed E-state index contributed by atoms with van der Waals surface area (Å²) < 4.78 is 0. The highest BCUT2D eigenvalue weighted by Gasteiger charge is 2.37. The van der Waals surface area contributed by atoms with Gasteiger partial charge < -0.3 is 5.32 Å². The van der Waals surface area contributed by atoms with Crippen LogP contribution in [0.25, 0.3) is 0 Å². The summed E-state index contributed by atoms with van der Waals surface area (Å²) in [5, 5.41) is 2.86. The summed E-state index contributed by atoms with van der Waals surface area (Å²) in [6.07, 6.45) is 0. The number of Topliss-reactive ketones (excluding diaryl/α,β-unsaturated/α-hetero) is 2. The lowest BCUT2D eigenvalue weighted by Crippen LogP contribution is -2.27. The Labute approximate surface area is 82.1 Å². The molecule has 2 rings (SSSR count). The Hall–Kier alpha value is -1.48. The quantitative estimate of drug-likeness (QED) is 0.703. The standard InChI is InChI=1S/C11H11NO2/c1-12-6-9-10(13)7-4-2-3-5-8(7)11(9)14/h2-5,9,12H,6H2,1H3. The van der Waals surface area contributed by atoms with Crippen molar-refractivity contribution >= 4 is 11.6 Å². The molecule has 0 unspecified atom stereocenters. The van der Waals surface area contributed by atoms with Crippen LogP contribution in [0.1, 0.15) is 20.7 Å². The van der Waals surface area contributed by atoms with Crippen LogP contribution in [0.4, 0.5) is 0 Å². The molecule has 1 aliphatic rings. The molecule has 0 atom stereocenters. The van der Waals surface area contributed by atoms with Crippen molar-refractivity contribution in [2.24, 2.45) is 5.92 Å². The molecule has 0 saturated heterocycles. The molecule has 0 spiro atoms. The van der Waals surface area contributed by atoms with E-state index < -0.39 is 5.92 Å². The van der Waals surface area contributed by atoms with Gasteiger partial charge in [-0.2, -0.15) is 0 Å². The number of fused-ring (bicyclic) bond motifs is 1. The maximum Gasteiger partial charge on any atom is 0.175 e. The molecule has 0 fully saturated rings. The van der Waals surface area contributed by atoms with Crippen molar-refractivity contribution in [3.05, 3.63) is 35.4 Å². The fraction of sp³-hybridized carbons (Fsp3) is 0.273. The topological polar surface area (TPSA) is 46.2 Å². The first-order valence-electron chi connectivity index (χ1n) is 4.57. The van der Waals surface area contributed by atoms with Gasteiger partial charge in [-0.15, -0.1) is 0 Å². The maximum atomic E-state index is 11.7. The Kier molecular flexibility index (Phi) is 2.17. The highest BCUT2D eigenvalue weighted by molar-refractivity contribution is 6.26. The van der Waals surface area contributed by atoms with Crippen molar-refractivity contribution in [2.45, 2.75) is 0 Å². The smallest absolute Gasteiger partial charge is 0.175 e. The Morgan fingerprint density at radius 3 is 2.07 bits per heavy atom. The van der Waals surface area contributed by atoms with Gasteiger partial charge in [0.2, 0.25) is 0 Å². The zero-order valence-electron chi connectivity index (χ0n) is 7.91. The Morgan fingerprint density at radius 2 is 1.64 bits per heavy atom. The van der Waals surface area contributed by atoms with E-state index in [-0.39, 0.29) is 11.6 Å². The predicted octanol–water partition coefficient (Wildman–Crippen LogP) is 0.901. The molecule has 1 aromatic rings. The molecule has 0 bridgehead atoms. The van der Waals surface area contributed by atoms with Gasteiger partial charge in [0.15, 0.2) is 11.6 Å². The molecule has 0 aliphatic heterocycles. The van der Waals surface area contributed by atoms with Gasteiger partial charge in [0, 0.05) is 17.7 Å². The second-order valence-corrected chi connectivity index (χ2v) is 3.38. The molecule has 0 amide bonds. The molecule has 0 aromatic heterocycles. The van der Waals surface area contributed by atoms with Crippen LogP contribution in [0.3, 0.4) is 0 Å². The maximum absolute atomic E-state index is 11.7. The fourth-order valence-electron chi connectivity index (χ4n) is 1.80. The largest absolute Gasteiger partial charge is 0.319 e. The number of hydrogen-bond donors (Lipinski definition) is 1. The third-order valence-corrected chi connectivity index (χ3v) is 2.50. The molecule has 72 valence electrons. The molecule has 1 N–H and O–H groups in total. The van der Waals surface area contributed by atoms with Gasteiger partial charge >= 0.3 is 0 Å². The third kappa shape index (κ3) is 1.17. The summed E-state index contributed by atoms with van der Waals surface area (Å²) in [6.45, 7) is 0.423. The highest BCUT2D eigenvalue weighted by atomic mass is 16.2. The Balaban J connectivity index is 2.43. The number of benzene rings is 1. The number of carbonyl (C=O) groups excluding carboxylic acids is 2. The molecule has 1 aromatic carbocycles. The summed E-state index contributed by atoms with van der Waals surface area (Å²) >= 11 is 0. The van der Waals surface area contributed by atoms with Crippen molar-refractivity contribution in [3.63, 3.8) is 0 Å². The van der Waals surface area contributed by atoms with Crippen molar-refractivity contribution < 1.29 is 9.59 Å². The van der Waals surface area contributed by atoms with Crippen molar-refractivity contribution in [1.82, 2.24) is 5.32 Å². The van der Waals surface area contributed by atoms with E-state index in [4.69, 9.17) is 0 Å². The minimum absolute atomic E-state index is 0.0556. The predicted molar refractivity (Wildman–Crippen MR) is 52.5 cm³/mol. The molecule has 0 radical (unpaired) electrons. The van der Waals surface area contributed by atoms with Crippen molar-refractivity contribution in [3.8, 4) is 0 Å². The van der Waals surface area contributed by atoms with Gasteiger partial charge in [0.1, 0.15) is 0 Å². The zero-order chi connectivity index (χ0) is 10.1. The number of hydrogen-bond acceptors (Lipinski definition) is 3. The minimum atomic E-state index is -0.516. The first kappa shape index (κ1) is 9.09. The van der Waals surface area contributed by atoms with Crippen LogP contribution in [-0.2, 0) is 0 Å². The average molecular weight is 189 g/mol. The molecular weight excluding hydrogens is 178 g/mol. The van der Waals surface area contributed by atoms with Crippen LogP contribution in [0.15, 0.2) is 24.3 Å². The van der Waals surface area contributed by atoms with Crippen LogP contribution >= 0.6 is 0 Å². The van der Waals surface area contributed by atoms with Crippen LogP contribution in [0.5, 0.6) is 0 Å². The highest BCUT2D eigenvalue weighted by Crippen LogP contribution is 2.25. The molecule has 0 saturated carbocycles. The lowest BCUT2D eigenvalue weighted by molar-refractivity contribution is 0.0839. The van der Waals surface area contributed by atoms with Crippen molar-refractivity contribution in [2.75, 3.05) is 13.6 Å². The van der Waals surface area contributed by atoms with E-state index >= 15 is 0 Å². The molecule has 0 heterocycles. The fourth-order valence-corrected chi connectivity index (χ4v) is 1.80. The second kappa shape index (κ2) is 3.35. The van der Waals surface area contributed by atoms with E-state index in [1.807, 2.05) is 0 Å². The number of rotatable bonds is 2. The average Bonchev–Trinajstić information content (AvgIpc) is 2.45. The van der Waals surface area contributed by atoms with E-state index in [2.05, 4.69) is 5.32 Å². The normalized spacial score (nSPS) is 16.1. The van der Waals surface area contributed by atoms with E-state index in [0.29, 0.717) is 17.7 Å². The summed E-state index contributed by atoms with van der Waals surface area (Å²) in [4.78, 5) is 23.5. The summed E-state index contributed by atoms with van der Waals surface area (Å²) in [6, 6.07) is 6.99. The minimum Gasteiger partial charge on any atom is -0.319 e. The molecule has 3 nitrogen and oxygen atoms in total. The van der Waals surface area contributed by atoms with Gasteiger partial charge in [-0.3, -0.25) is 9.59 Å². The van der Waals surface area contributed by atoms with E-state index in [0.717, 1.165) is 0 Å². The van der Waals surface area contributed by atoms with Crippen LogP contribution < -0.4 is 5.32 Å². The van der Waals surface area contributed by atoms with E-state index in [1.165, 1.54) is 0 Å². The van der Waals surface area contributed by atoms with Crippen LogP contribution in [0, 0.1) is 5.92 Å². The monoisotopic (exact) mass is 189 g/mol. The van der Waals surface area contributed by atoms with Gasteiger partial charge in [0.05, 0.1) is 5.92 Å². The Morgan fingerprint density at radius 1 is 1.14 bits per heavy atom. The van der Waals surface area contributed by atoms with E-state index in [1.54, 1.807) is 31.3 Å². The SMILES string of the molecule is CNCC1C(=O)c2ccccc2C1=O. The van der Waals surface area contributed by atoms with Crippen LogP contribution in [-0.4, -0.2) is 25.2 Å². The molecule has 3 heteroatoms. The second-order valence-electron chi connectivity index (χ2n) is 3.38. The van der Waals surface area contributed by atoms with E-state index in [9.17, 15) is 9.59 Å². The summed E-state index contributed by atoms with van der Waals surface area (Å²) in [5.74, 6) is -0.627. The van der Waals surface area contributed by atoms with Gasteiger partial charge in [-0.25, -0.2) is 0 Å². The summed E-state index contributed by atoms with van der Waals surface area (Å²) in [7, 11) is 1.74. The van der Waals surface area contributed by atoms with Crippen LogP contribution in [0.2, 0.25) is 0 Å². The Bertz CT molecular complexity index is 363. The number of ketones is 2. The molecular formula is C11H11NO2. The van der Waals surface area contributed by atoms with Crippen molar-refractivity contribution in [1.29, 1.82) is 0 Å². The molecule has 1 aliphatic carbocycles. The zero-order valence-corrected chi connectivity index (χ0v) is 7.91. The van der Waals surface area contributed by atoms with Gasteiger partial charge in [-0.1, -0.05) is 24.3 Å². The summed E-state index contributed by atoms with van der Waals surface area (Å²) in [5.41, 5.74) is 1.13.